The number of carbonyl (C=O) groups excluding carboxylic acids is 2. The number of esters is 2. The standard InChI is InChI=1S/C24H25N3O4/c1-3-31-24(29)22-16-27(14-19-6-4-5-18(11-19)13-26-25)15-21(22)12-17-7-9-20(10-8-17)23(28)30-2/h4-11,13,15-16H,3,12,14,25H2,1-2H3/b26-13-. The van der Waals surface area contributed by atoms with Crippen molar-refractivity contribution in [1.82, 2.24) is 4.57 Å². The third-order valence-electron chi connectivity index (χ3n) is 4.77. The van der Waals surface area contributed by atoms with Crippen LogP contribution in [0.1, 0.15) is 49.9 Å². The van der Waals surface area contributed by atoms with E-state index >= 15 is 0 Å². The number of hydrazone groups is 1. The van der Waals surface area contributed by atoms with Gasteiger partial charge in [0.05, 0.1) is 31.1 Å². The second kappa shape index (κ2) is 10.2. The Kier molecular flexibility index (Phi) is 7.22. The van der Waals surface area contributed by atoms with E-state index in [2.05, 4.69) is 5.10 Å². The molecule has 0 atom stereocenters. The number of hydrogen-bond donors (Lipinski definition) is 1. The zero-order valence-electron chi connectivity index (χ0n) is 17.6. The maximum absolute atomic E-state index is 12.5. The fourth-order valence-electron chi connectivity index (χ4n) is 3.35. The van der Waals surface area contributed by atoms with Gasteiger partial charge < -0.3 is 19.9 Å². The number of ether oxygens (including phenoxy) is 2. The summed E-state index contributed by atoms with van der Waals surface area (Å²) in [7, 11) is 1.35. The van der Waals surface area contributed by atoms with Crippen molar-refractivity contribution in [2.24, 2.45) is 10.9 Å². The summed E-state index contributed by atoms with van der Waals surface area (Å²) < 4.78 is 11.9. The summed E-state index contributed by atoms with van der Waals surface area (Å²) >= 11 is 0. The van der Waals surface area contributed by atoms with Crippen LogP contribution in [-0.2, 0) is 22.4 Å². The van der Waals surface area contributed by atoms with E-state index in [1.165, 1.54) is 7.11 Å². The number of methoxy groups -OCH3 is 1. The smallest absolute Gasteiger partial charge is 0.339 e. The van der Waals surface area contributed by atoms with Gasteiger partial charge in [-0.1, -0.05) is 30.3 Å². The Morgan fingerprint density at radius 1 is 1.06 bits per heavy atom. The van der Waals surface area contributed by atoms with Crippen LogP contribution < -0.4 is 5.84 Å². The molecule has 31 heavy (non-hydrogen) atoms. The van der Waals surface area contributed by atoms with Crippen LogP contribution in [0.5, 0.6) is 0 Å². The molecule has 7 nitrogen and oxygen atoms in total. The maximum Gasteiger partial charge on any atom is 0.339 e. The Balaban J connectivity index is 1.86. The molecule has 0 saturated heterocycles. The lowest BCUT2D eigenvalue weighted by molar-refractivity contribution is 0.0524. The molecule has 0 aliphatic heterocycles. The van der Waals surface area contributed by atoms with Crippen molar-refractivity contribution in [3.05, 3.63) is 94.3 Å². The van der Waals surface area contributed by atoms with E-state index in [1.54, 1.807) is 31.5 Å². The molecule has 7 heteroatoms. The number of rotatable bonds is 8. The van der Waals surface area contributed by atoms with Crippen molar-refractivity contribution in [1.29, 1.82) is 0 Å². The van der Waals surface area contributed by atoms with Gasteiger partial charge in [-0.15, -0.1) is 0 Å². The van der Waals surface area contributed by atoms with Crippen LogP contribution in [0.2, 0.25) is 0 Å². The lowest BCUT2D eigenvalue weighted by atomic mass is 10.0. The Hall–Kier alpha value is -3.87. The van der Waals surface area contributed by atoms with Crippen molar-refractivity contribution in [2.75, 3.05) is 13.7 Å². The number of benzene rings is 2. The average molecular weight is 419 g/mol. The maximum atomic E-state index is 12.5. The van der Waals surface area contributed by atoms with Gasteiger partial charge in [-0.3, -0.25) is 0 Å². The predicted molar refractivity (Wildman–Crippen MR) is 118 cm³/mol. The Labute approximate surface area is 181 Å². The third-order valence-corrected chi connectivity index (χ3v) is 4.77. The first-order chi connectivity index (χ1) is 15.0. The number of carbonyl (C=O) groups is 2. The zero-order valence-corrected chi connectivity index (χ0v) is 17.6. The van der Waals surface area contributed by atoms with E-state index in [9.17, 15) is 9.59 Å². The van der Waals surface area contributed by atoms with Gasteiger partial charge in [0.25, 0.3) is 0 Å². The van der Waals surface area contributed by atoms with Gasteiger partial charge in [0.15, 0.2) is 0 Å². The van der Waals surface area contributed by atoms with Crippen molar-refractivity contribution >= 4 is 18.2 Å². The largest absolute Gasteiger partial charge is 0.465 e. The van der Waals surface area contributed by atoms with Gasteiger partial charge in [-0.05, 0) is 53.8 Å². The summed E-state index contributed by atoms with van der Waals surface area (Å²) in [6.07, 6.45) is 5.87. The molecule has 3 aromatic rings. The number of aromatic nitrogens is 1. The minimum absolute atomic E-state index is 0.303. The summed E-state index contributed by atoms with van der Waals surface area (Å²) in [5.74, 6) is 4.50. The van der Waals surface area contributed by atoms with Crippen molar-refractivity contribution in [3.63, 3.8) is 0 Å². The molecule has 0 fully saturated rings. The molecule has 1 heterocycles. The highest BCUT2D eigenvalue weighted by Gasteiger charge is 2.17. The molecule has 2 N–H and O–H groups in total. The summed E-state index contributed by atoms with van der Waals surface area (Å²) in [6.45, 7) is 2.67. The summed E-state index contributed by atoms with van der Waals surface area (Å²) in [6, 6.07) is 15.0. The minimum Gasteiger partial charge on any atom is -0.465 e. The van der Waals surface area contributed by atoms with E-state index in [1.807, 2.05) is 47.2 Å². The number of nitrogens with two attached hydrogens (primary N) is 1. The second-order valence-corrected chi connectivity index (χ2v) is 6.98. The second-order valence-electron chi connectivity index (χ2n) is 6.98. The summed E-state index contributed by atoms with van der Waals surface area (Å²) in [5.41, 5.74) is 4.79. The first-order valence-corrected chi connectivity index (χ1v) is 9.89. The number of nitrogens with zero attached hydrogens (tertiary/aromatic N) is 2. The molecule has 1 aromatic heterocycles. The Morgan fingerprint density at radius 3 is 2.52 bits per heavy atom. The first kappa shape index (κ1) is 21.8. The van der Waals surface area contributed by atoms with Gasteiger partial charge in [0.2, 0.25) is 0 Å². The van der Waals surface area contributed by atoms with Crippen LogP contribution in [0.15, 0.2) is 66.0 Å². The number of hydrogen-bond acceptors (Lipinski definition) is 6. The predicted octanol–water partition coefficient (Wildman–Crippen LogP) is 3.38. The van der Waals surface area contributed by atoms with Crippen molar-refractivity contribution in [3.8, 4) is 0 Å². The van der Waals surface area contributed by atoms with Crippen LogP contribution in [0.3, 0.4) is 0 Å². The van der Waals surface area contributed by atoms with Gasteiger partial charge >= 0.3 is 11.9 Å². The van der Waals surface area contributed by atoms with Gasteiger partial charge in [-0.2, -0.15) is 5.10 Å². The molecule has 0 radical (unpaired) electrons. The third kappa shape index (κ3) is 5.60. The first-order valence-electron chi connectivity index (χ1n) is 9.89. The quantitative estimate of drug-likeness (QED) is 0.261. The van der Waals surface area contributed by atoms with Crippen molar-refractivity contribution < 1.29 is 19.1 Å². The lowest BCUT2D eigenvalue weighted by Crippen LogP contribution is -2.06. The molecule has 160 valence electrons. The van der Waals surface area contributed by atoms with E-state index in [0.29, 0.717) is 30.7 Å². The van der Waals surface area contributed by atoms with E-state index in [-0.39, 0.29) is 11.9 Å². The van der Waals surface area contributed by atoms with Crippen LogP contribution in [0.4, 0.5) is 0 Å². The highest BCUT2D eigenvalue weighted by molar-refractivity contribution is 5.91. The molecule has 0 aliphatic rings. The zero-order chi connectivity index (χ0) is 22.2. The molecule has 0 saturated carbocycles. The highest BCUT2D eigenvalue weighted by atomic mass is 16.5. The fraction of sp³-hybridized carbons (Fsp3) is 0.208. The molecule has 3 rings (SSSR count). The molecule has 0 unspecified atom stereocenters. The van der Waals surface area contributed by atoms with E-state index in [0.717, 1.165) is 22.3 Å². The van der Waals surface area contributed by atoms with E-state index < -0.39 is 0 Å². The van der Waals surface area contributed by atoms with Crippen LogP contribution >= 0.6 is 0 Å². The van der Waals surface area contributed by atoms with Gasteiger partial charge in [0, 0.05) is 18.9 Å². The molecule has 0 bridgehead atoms. The topological polar surface area (TPSA) is 95.9 Å². The van der Waals surface area contributed by atoms with Gasteiger partial charge in [-0.25, -0.2) is 9.59 Å². The van der Waals surface area contributed by atoms with Crippen LogP contribution in [0, 0.1) is 0 Å². The molecule has 0 spiro atoms. The average Bonchev–Trinajstić information content (AvgIpc) is 3.16. The normalized spacial score (nSPS) is 10.9. The van der Waals surface area contributed by atoms with Crippen LogP contribution in [0.25, 0.3) is 0 Å². The SMILES string of the molecule is CCOC(=O)c1cn(Cc2cccc(/C=N\N)c2)cc1Cc1ccc(C(=O)OC)cc1. The highest BCUT2D eigenvalue weighted by Crippen LogP contribution is 2.19. The van der Waals surface area contributed by atoms with Gasteiger partial charge in [0.1, 0.15) is 0 Å². The molecular weight excluding hydrogens is 394 g/mol. The fourth-order valence-corrected chi connectivity index (χ4v) is 3.35. The lowest BCUT2D eigenvalue weighted by Gasteiger charge is -2.05. The summed E-state index contributed by atoms with van der Waals surface area (Å²) in [5, 5.41) is 3.56. The van der Waals surface area contributed by atoms with Crippen LogP contribution in [-0.4, -0.2) is 36.4 Å². The Bertz CT molecular complexity index is 1080. The summed E-state index contributed by atoms with van der Waals surface area (Å²) in [4.78, 5) is 24.2. The van der Waals surface area contributed by atoms with Crippen molar-refractivity contribution in [2.45, 2.75) is 19.9 Å². The Morgan fingerprint density at radius 2 is 1.84 bits per heavy atom. The molecule has 0 amide bonds. The molecule has 0 aliphatic carbocycles. The molecule has 2 aromatic carbocycles. The van der Waals surface area contributed by atoms with E-state index in [4.69, 9.17) is 15.3 Å². The molecular formula is C24H25N3O4. The minimum atomic E-state index is -0.383. The monoisotopic (exact) mass is 419 g/mol.